The Morgan fingerprint density at radius 3 is 1.51 bits per heavy atom. The zero-order valence-corrected chi connectivity index (χ0v) is 25.5. The fourth-order valence-electron chi connectivity index (χ4n) is 5.04. The maximum Gasteiger partial charge on any atom is 0.151 e. The molecule has 39 heavy (non-hydrogen) atoms. The van der Waals surface area contributed by atoms with E-state index in [2.05, 4.69) is 133 Å². The number of hydrogen-bond acceptors (Lipinski definition) is 2. The van der Waals surface area contributed by atoms with Crippen molar-refractivity contribution in [1.29, 1.82) is 0 Å². The summed E-state index contributed by atoms with van der Waals surface area (Å²) < 4.78 is 2.26. The van der Waals surface area contributed by atoms with Crippen LogP contribution in [-0.2, 0) is 16.2 Å². The van der Waals surface area contributed by atoms with Crippen LogP contribution in [0.4, 0.5) is 11.5 Å². The summed E-state index contributed by atoms with van der Waals surface area (Å²) >= 11 is 6.66. The van der Waals surface area contributed by atoms with Crippen LogP contribution in [0.1, 0.15) is 79.0 Å². The molecule has 0 atom stereocenters. The molecule has 0 fully saturated rings. The summed E-state index contributed by atoms with van der Waals surface area (Å²) in [5, 5.41) is 6.52. The van der Waals surface area contributed by atoms with Crippen LogP contribution in [0, 0.1) is 0 Å². The van der Waals surface area contributed by atoms with E-state index in [-0.39, 0.29) is 16.2 Å². The molecule has 0 spiro atoms. The average molecular weight is 538 g/mol. The van der Waals surface area contributed by atoms with Gasteiger partial charge in [0.15, 0.2) is 5.82 Å². The zero-order chi connectivity index (χ0) is 28.3. The molecular weight excluding hydrogens is 498 g/mol. The number of nitrogens with one attached hydrogen (secondary N) is 1. The summed E-state index contributed by atoms with van der Waals surface area (Å²) in [4.78, 5) is 5.04. The van der Waals surface area contributed by atoms with Crippen LogP contribution in [-0.4, -0.2) is 9.55 Å². The molecule has 2 heterocycles. The van der Waals surface area contributed by atoms with Crippen molar-refractivity contribution in [3.05, 3.63) is 94.5 Å². The maximum absolute atomic E-state index is 6.66. The molecule has 2 aromatic heterocycles. The molecule has 0 aliphatic carbocycles. The van der Waals surface area contributed by atoms with Crippen LogP contribution < -0.4 is 5.32 Å². The normalized spacial score (nSPS) is 12.9. The van der Waals surface area contributed by atoms with Crippen molar-refractivity contribution in [3.63, 3.8) is 0 Å². The van der Waals surface area contributed by atoms with E-state index in [1.807, 2.05) is 12.1 Å². The number of rotatable bonds is 3. The van der Waals surface area contributed by atoms with Crippen molar-refractivity contribution in [3.8, 4) is 5.82 Å². The minimum absolute atomic E-state index is 0.0579. The van der Waals surface area contributed by atoms with Gasteiger partial charge in [0, 0.05) is 16.5 Å². The van der Waals surface area contributed by atoms with E-state index < -0.39 is 0 Å². The summed E-state index contributed by atoms with van der Waals surface area (Å²) in [5.74, 6) is 1.48. The summed E-state index contributed by atoms with van der Waals surface area (Å²) in [6.45, 7) is 20.2. The fraction of sp³-hybridized carbons (Fsp3) is 0.343. The topological polar surface area (TPSA) is 29.9 Å². The number of hydrogen-bond donors (Lipinski definition) is 1. The summed E-state index contributed by atoms with van der Waals surface area (Å²) in [5.41, 5.74) is 7.38. The van der Waals surface area contributed by atoms with Gasteiger partial charge in [-0.25, -0.2) is 4.98 Å². The Balaban J connectivity index is 1.67. The predicted molar refractivity (Wildman–Crippen MR) is 169 cm³/mol. The lowest BCUT2D eigenvalue weighted by atomic mass is 9.85. The van der Waals surface area contributed by atoms with Crippen LogP contribution in [0.25, 0.3) is 27.6 Å². The standard InChI is InChI=1S/C35H40ClN3/c1-33(2,3)22-10-14-25(15-11-22)37-32-28(36)16-19-31(38-32)39-29-17-12-23(34(4,5)6)20-26(29)27-21-24(35(7,8)9)13-18-30(27)39/h10-21H,1-9H3,(H,37,38). The number of aromatic nitrogens is 2. The Morgan fingerprint density at radius 1 is 0.590 bits per heavy atom. The number of nitrogens with zero attached hydrogens (tertiary/aromatic N) is 2. The van der Waals surface area contributed by atoms with Gasteiger partial charge >= 0.3 is 0 Å². The van der Waals surface area contributed by atoms with Crippen molar-refractivity contribution in [1.82, 2.24) is 9.55 Å². The third-order valence-electron chi connectivity index (χ3n) is 7.57. The van der Waals surface area contributed by atoms with Gasteiger partial charge in [-0.2, -0.15) is 0 Å². The molecule has 0 unspecified atom stereocenters. The van der Waals surface area contributed by atoms with E-state index in [0.29, 0.717) is 10.8 Å². The van der Waals surface area contributed by atoms with E-state index in [0.717, 1.165) is 22.5 Å². The molecule has 5 aromatic rings. The number of fused-ring (bicyclic) bond motifs is 3. The highest BCUT2D eigenvalue weighted by Gasteiger charge is 2.21. The van der Waals surface area contributed by atoms with Crippen LogP contribution >= 0.6 is 11.6 Å². The Bertz CT molecular complexity index is 1600. The Morgan fingerprint density at radius 2 is 1.05 bits per heavy atom. The van der Waals surface area contributed by atoms with E-state index in [9.17, 15) is 0 Å². The molecule has 1 N–H and O–H groups in total. The van der Waals surface area contributed by atoms with Crippen molar-refractivity contribution in [2.75, 3.05) is 5.32 Å². The monoisotopic (exact) mass is 537 g/mol. The van der Waals surface area contributed by atoms with Gasteiger partial charge in [0.25, 0.3) is 0 Å². The predicted octanol–water partition coefficient (Wildman–Crippen LogP) is 10.5. The Kier molecular flexibility index (Phi) is 6.58. The van der Waals surface area contributed by atoms with Gasteiger partial charge < -0.3 is 5.32 Å². The van der Waals surface area contributed by atoms with Gasteiger partial charge in [0.05, 0.1) is 16.1 Å². The second-order valence-electron chi connectivity index (χ2n) is 13.8. The maximum atomic E-state index is 6.66. The van der Waals surface area contributed by atoms with Gasteiger partial charge in [-0.15, -0.1) is 0 Å². The molecule has 3 nitrogen and oxygen atoms in total. The Labute approximate surface area is 238 Å². The molecule has 3 aromatic carbocycles. The van der Waals surface area contributed by atoms with Crippen LogP contribution in [0.2, 0.25) is 5.02 Å². The van der Waals surface area contributed by atoms with Crippen molar-refractivity contribution in [2.45, 2.75) is 78.6 Å². The summed E-state index contributed by atoms with van der Waals surface area (Å²) in [7, 11) is 0. The third kappa shape index (κ3) is 5.30. The second kappa shape index (κ2) is 9.41. The summed E-state index contributed by atoms with van der Waals surface area (Å²) in [6.07, 6.45) is 0. The van der Waals surface area contributed by atoms with Crippen LogP contribution in [0.5, 0.6) is 0 Å². The van der Waals surface area contributed by atoms with Gasteiger partial charge in [-0.05, 0) is 81.5 Å². The molecule has 5 rings (SSSR count). The quantitative estimate of drug-likeness (QED) is 0.248. The van der Waals surface area contributed by atoms with Crippen molar-refractivity contribution in [2.24, 2.45) is 0 Å². The van der Waals surface area contributed by atoms with Gasteiger partial charge in [-0.1, -0.05) is 98.2 Å². The molecular formula is C35H40ClN3. The molecule has 0 bridgehead atoms. The first kappa shape index (κ1) is 27.3. The van der Waals surface area contributed by atoms with Crippen LogP contribution in [0.15, 0.2) is 72.8 Å². The van der Waals surface area contributed by atoms with Crippen molar-refractivity contribution >= 4 is 44.9 Å². The second-order valence-corrected chi connectivity index (χ2v) is 14.2. The SMILES string of the molecule is CC(C)(C)c1ccc(Nc2nc(-n3c4ccc(C(C)(C)C)cc4c4cc(C(C)(C)C)ccc43)ccc2Cl)cc1. The fourth-order valence-corrected chi connectivity index (χ4v) is 5.19. The van der Waals surface area contributed by atoms with E-state index in [4.69, 9.17) is 16.6 Å². The van der Waals surface area contributed by atoms with Crippen LogP contribution in [0.3, 0.4) is 0 Å². The average Bonchev–Trinajstić information content (AvgIpc) is 3.17. The van der Waals surface area contributed by atoms with Crippen molar-refractivity contribution < 1.29 is 0 Å². The van der Waals surface area contributed by atoms with Gasteiger partial charge in [-0.3, -0.25) is 4.57 Å². The van der Waals surface area contributed by atoms with E-state index in [1.54, 1.807) is 0 Å². The lowest BCUT2D eigenvalue weighted by molar-refractivity contribution is 0.590. The highest BCUT2D eigenvalue weighted by Crippen LogP contribution is 2.38. The first-order chi connectivity index (χ1) is 18.1. The molecule has 0 amide bonds. The molecule has 0 saturated carbocycles. The largest absolute Gasteiger partial charge is 0.339 e. The van der Waals surface area contributed by atoms with Gasteiger partial charge in [0.1, 0.15) is 5.82 Å². The zero-order valence-electron chi connectivity index (χ0n) is 24.7. The Hall–Kier alpha value is -3.30. The minimum Gasteiger partial charge on any atom is -0.339 e. The number of anilines is 2. The first-order valence-electron chi connectivity index (χ1n) is 13.8. The lowest BCUT2D eigenvalue weighted by Crippen LogP contribution is -2.10. The molecule has 0 radical (unpaired) electrons. The molecule has 202 valence electrons. The molecule has 4 heteroatoms. The smallest absolute Gasteiger partial charge is 0.151 e. The van der Waals surface area contributed by atoms with E-state index >= 15 is 0 Å². The molecule has 0 aliphatic heterocycles. The number of pyridine rings is 1. The summed E-state index contributed by atoms with van der Waals surface area (Å²) in [6, 6.07) is 26.1. The third-order valence-corrected chi connectivity index (χ3v) is 7.88. The number of halogens is 1. The minimum atomic E-state index is 0.0579. The number of benzene rings is 3. The van der Waals surface area contributed by atoms with E-state index in [1.165, 1.54) is 27.5 Å². The lowest BCUT2D eigenvalue weighted by Gasteiger charge is -2.19. The highest BCUT2D eigenvalue weighted by molar-refractivity contribution is 6.33. The van der Waals surface area contributed by atoms with Gasteiger partial charge in [0.2, 0.25) is 0 Å². The first-order valence-corrected chi connectivity index (χ1v) is 14.1. The highest BCUT2D eigenvalue weighted by atomic mass is 35.5. The molecule has 0 aliphatic rings. The molecule has 0 saturated heterocycles.